The second-order valence-corrected chi connectivity index (χ2v) is 10.0. The van der Waals surface area contributed by atoms with Gasteiger partial charge in [-0.1, -0.05) is 12.1 Å². The molecule has 1 N–H and O–H groups in total. The van der Waals surface area contributed by atoms with Crippen molar-refractivity contribution >= 4 is 44.3 Å². The molecule has 1 fully saturated rings. The SMILES string of the molecule is O=C(Cc1sccc1NS(=O)(=O)c1ccc(-c2ccsc2)cc1)N1CCOCC1. The van der Waals surface area contributed by atoms with Crippen LogP contribution in [0.2, 0.25) is 0 Å². The van der Waals surface area contributed by atoms with Crippen molar-refractivity contribution in [3.8, 4) is 11.1 Å². The topological polar surface area (TPSA) is 75.7 Å². The van der Waals surface area contributed by atoms with Crippen LogP contribution in [0.4, 0.5) is 5.69 Å². The zero-order valence-corrected chi connectivity index (χ0v) is 18.0. The van der Waals surface area contributed by atoms with Crippen LogP contribution in [0.5, 0.6) is 0 Å². The van der Waals surface area contributed by atoms with E-state index >= 15 is 0 Å². The second kappa shape index (κ2) is 8.66. The molecule has 1 saturated heterocycles. The molecule has 1 aliphatic heterocycles. The number of hydrogen-bond acceptors (Lipinski definition) is 6. The summed E-state index contributed by atoms with van der Waals surface area (Å²) in [6, 6.07) is 10.5. The average molecular weight is 449 g/mol. The molecule has 0 atom stereocenters. The summed E-state index contributed by atoms with van der Waals surface area (Å²) in [7, 11) is -3.74. The van der Waals surface area contributed by atoms with Gasteiger partial charge in [0.2, 0.25) is 5.91 Å². The minimum atomic E-state index is -3.74. The Morgan fingerprint density at radius 1 is 1.03 bits per heavy atom. The van der Waals surface area contributed by atoms with E-state index in [1.165, 1.54) is 11.3 Å². The molecule has 1 amide bonds. The highest BCUT2D eigenvalue weighted by Crippen LogP contribution is 2.28. The molecule has 0 unspecified atom stereocenters. The van der Waals surface area contributed by atoms with E-state index in [0.717, 1.165) is 11.1 Å². The third-order valence-electron chi connectivity index (χ3n) is 4.68. The van der Waals surface area contributed by atoms with Gasteiger partial charge < -0.3 is 9.64 Å². The Morgan fingerprint density at radius 3 is 2.48 bits per heavy atom. The van der Waals surface area contributed by atoms with Crippen LogP contribution < -0.4 is 4.72 Å². The van der Waals surface area contributed by atoms with E-state index in [1.54, 1.807) is 51.9 Å². The van der Waals surface area contributed by atoms with Gasteiger partial charge >= 0.3 is 0 Å². The van der Waals surface area contributed by atoms with Gasteiger partial charge in [-0.05, 0) is 51.5 Å². The van der Waals surface area contributed by atoms with Crippen molar-refractivity contribution in [2.24, 2.45) is 0 Å². The fraction of sp³-hybridized carbons (Fsp3) is 0.250. The van der Waals surface area contributed by atoms with Crippen LogP contribution in [0.1, 0.15) is 4.88 Å². The highest BCUT2D eigenvalue weighted by atomic mass is 32.2. The van der Waals surface area contributed by atoms with Gasteiger partial charge in [-0.25, -0.2) is 8.42 Å². The number of hydrogen-bond donors (Lipinski definition) is 1. The number of anilines is 1. The fourth-order valence-electron chi connectivity index (χ4n) is 3.09. The zero-order valence-electron chi connectivity index (χ0n) is 15.5. The zero-order chi connectivity index (χ0) is 20.3. The quantitative estimate of drug-likeness (QED) is 0.624. The number of ether oxygens (including phenoxy) is 1. The summed E-state index contributed by atoms with van der Waals surface area (Å²) in [5.74, 6) is -0.0173. The molecule has 9 heteroatoms. The Hall–Kier alpha value is -2.20. The number of nitrogens with one attached hydrogen (secondary N) is 1. The minimum Gasteiger partial charge on any atom is -0.378 e. The predicted octanol–water partition coefficient (Wildman–Crippen LogP) is 3.68. The Kier molecular flexibility index (Phi) is 6.00. The maximum Gasteiger partial charge on any atom is 0.261 e. The largest absolute Gasteiger partial charge is 0.378 e. The first-order chi connectivity index (χ1) is 14.0. The molecule has 3 heterocycles. The number of carbonyl (C=O) groups excluding carboxylic acids is 1. The molecule has 0 bridgehead atoms. The molecule has 4 rings (SSSR count). The van der Waals surface area contributed by atoms with Crippen LogP contribution in [-0.4, -0.2) is 45.5 Å². The fourth-order valence-corrected chi connectivity index (χ4v) is 5.73. The number of nitrogens with zero attached hydrogens (tertiary/aromatic N) is 1. The summed E-state index contributed by atoms with van der Waals surface area (Å²) >= 11 is 2.97. The molecule has 6 nitrogen and oxygen atoms in total. The Labute approximate surface area is 177 Å². The molecule has 152 valence electrons. The van der Waals surface area contributed by atoms with Gasteiger partial charge in [-0.15, -0.1) is 11.3 Å². The molecule has 2 aromatic heterocycles. The van der Waals surface area contributed by atoms with E-state index in [2.05, 4.69) is 4.72 Å². The lowest BCUT2D eigenvalue weighted by Gasteiger charge is -2.26. The monoisotopic (exact) mass is 448 g/mol. The number of benzene rings is 1. The van der Waals surface area contributed by atoms with E-state index in [4.69, 9.17) is 4.74 Å². The first-order valence-electron chi connectivity index (χ1n) is 9.10. The number of amides is 1. The third-order valence-corrected chi connectivity index (χ3v) is 7.67. The summed E-state index contributed by atoms with van der Waals surface area (Å²) in [5, 5.41) is 5.79. The van der Waals surface area contributed by atoms with Crippen molar-refractivity contribution in [3.63, 3.8) is 0 Å². The van der Waals surface area contributed by atoms with Crippen molar-refractivity contribution in [3.05, 3.63) is 57.4 Å². The first kappa shape index (κ1) is 20.1. The third kappa shape index (κ3) is 4.69. The molecule has 0 saturated carbocycles. The van der Waals surface area contributed by atoms with Crippen molar-refractivity contribution in [1.82, 2.24) is 4.90 Å². The number of carbonyl (C=O) groups is 1. The van der Waals surface area contributed by atoms with Gasteiger partial charge in [0, 0.05) is 18.0 Å². The summed E-state index contributed by atoms with van der Waals surface area (Å²) in [6.07, 6.45) is 0.173. The van der Waals surface area contributed by atoms with Gasteiger partial charge in [-0.2, -0.15) is 11.3 Å². The highest BCUT2D eigenvalue weighted by Gasteiger charge is 2.21. The van der Waals surface area contributed by atoms with Gasteiger partial charge in [-0.3, -0.25) is 9.52 Å². The normalized spacial score (nSPS) is 14.7. The first-order valence-corrected chi connectivity index (χ1v) is 12.4. The standard InChI is InChI=1S/C20H20N2O4S3/c23-20(22-7-9-26-10-8-22)13-19-18(6-12-28-19)21-29(24,25)17-3-1-15(2-4-17)16-5-11-27-14-16/h1-6,11-12,14,21H,7-10,13H2. The molecule has 0 spiro atoms. The Morgan fingerprint density at radius 2 is 1.79 bits per heavy atom. The lowest BCUT2D eigenvalue weighted by atomic mass is 10.1. The average Bonchev–Trinajstić information content (AvgIpc) is 3.41. The number of rotatable bonds is 6. The van der Waals surface area contributed by atoms with Crippen molar-refractivity contribution in [1.29, 1.82) is 0 Å². The molecule has 0 radical (unpaired) electrons. The maximum atomic E-state index is 12.8. The second-order valence-electron chi connectivity index (χ2n) is 6.57. The Balaban J connectivity index is 1.47. The number of sulfonamides is 1. The molecule has 1 aliphatic rings. The summed E-state index contributed by atoms with van der Waals surface area (Å²) < 4.78 is 33.5. The van der Waals surface area contributed by atoms with E-state index < -0.39 is 10.0 Å². The molecule has 1 aromatic carbocycles. The van der Waals surface area contributed by atoms with Crippen LogP contribution in [0.15, 0.2) is 57.4 Å². The lowest BCUT2D eigenvalue weighted by Crippen LogP contribution is -2.41. The highest BCUT2D eigenvalue weighted by molar-refractivity contribution is 7.92. The molecule has 0 aliphatic carbocycles. The molecular formula is C20H20N2O4S3. The molecular weight excluding hydrogens is 428 g/mol. The van der Waals surface area contributed by atoms with Crippen molar-refractivity contribution < 1.29 is 17.9 Å². The summed E-state index contributed by atoms with van der Waals surface area (Å²) in [4.78, 5) is 15.2. The lowest BCUT2D eigenvalue weighted by molar-refractivity contribution is -0.134. The van der Waals surface area contributed by atoms with E-state index in [0.29, 0.717) is 36.9 Å². The minimum absolute atomic E-state index is 0.0173. The van der Waals surface area contributed by atoms with Crippen LogP contribution in [0.25, 0.3) is 11.1 Å². The molecule has 29 heavy (non-hydrogen) atoms. The summed E-state index contributed by atoms with van der Waals surface area (Å²) in [5.41, 5.74) is 2.49. The van der Waals surface area contributed by atoms with Crippen LogP contribution in [0.3, 0.4) is 0 Å². The van der Waals surface area contributed by atoms with Gasteiger partial charge in [0.1, 0.15) is 0 Å². The van der Waals surface area contributed by atoms with Crippen LogP contribution >= 0.6 is 22.7 Å². The van der Waals surface area contributed by atoms with E-state index in [1.807, 2.05) is 16.8 Å². The Bertz CT molecular complexity index is 1070. The van der Waals surface area contributed by atoms with Gasteiger partial charge in [0.05, 0.1) is 30.2 Å². The summed E-state index contributed by atoms with van der Waals surface area (Å²) in [6.45, 7) is 2.22. The maximum absolute atomic E-state index is 12.8. The van der Waals surface area contributed by atoms with Crippen LogP contribution in [0, 0.1) is 0 Å². The van der Waals surface area contributed by atoms with Gasteiger partial charge in [0.25, 0.3) is 10.0 Å². The smallest absolute Gasteiger partial charge is 0.261 e. The number of morpholine rings is 1. The van der Waals surface area contributed by atoms with E-state index in [9.17, 15) is 13.2 Å². The van der Waals surface area contributed by atoms with Crippen LogP contribution in [-0.2, 0) is 26.0 Å². The van der Waals surface area contributed by atoms with E-state index in [-0.39, 0.29) is 17.2 Å². The van der Waals surface area contributed by atoms with Crippen molar-refractivity contribution in [2.75, 3.05) is 31.0 Å². The van der Waals surface area contributed by atoms with Crippen molar-refractivity contribution in [2.45, 2.75) is 11.3 Å². The number of thiophene rings is 2. The molecule has 3 aromatic rings. The predicted molar refractivity (Wildman–Crippen MR) is 116 cm³/mol. The van der Waals surface area contributed by atoms with Gasteiger partial charge in [0.15, 0.2) is 0 Å².